The van der Waals surface area contributed by atoms with Crippen molar-refractivity contribution in [2.24, 2.45) is 0 Å². The van der Waals surface area contributed by atoms with E-state index in [2.05, 4.69) is 10.1 Å². The van der Waals surface area contributed by atoms with Crippen LogP contribution in [0.4, 0.5) is 4.39 Å². The lowest BCUT2D eigenvalue weighted by molar-refractivity contribution is 0.324. The second-order valence-electron chi connectivity index (χ2n) is 8.03. The van der Waals surface area contributed by atoms with Gasteiger partial charge in [0.25, 0.3) is 5.56 Å². The number of halogens is 1. The molecule has 10 heteroatoms. The van der Waals surface area contributed by atoms with Gasteiger partial charge in [0.15, 0.2) is 11.5 Å². The minimum Gasteiger partial charge on any atom is -0.493 e. The van der Waals surface area contributed by atoms with Crippen LogP contribution in [0.1, 0.15) is 11.5 Å². The highest BCUT2D eigenvalue weighted by Crippen LogP contribution is 2.41. The average molecular weight is 490 g/mol. The van der Waals surface area contributed by atoms with Crippen LogP contribution < -0.4 is 19.8 Å². The summed E-state index contributed by atoms with van der Waals surface area (Å²) in [5, 5.41) is 4.44. The van der Waals surface area contributed by atoms with Crippen molar-refractivity contribution >= 4 is 5.52 Å². The van der Waals surface area contributed by atoms with E-state index in [1.807, 2.05) is 0 Å². The van der Waals surface area contributed by atoms with Crippen LogP contribution in [0, 0.1) is 12.7 Å². The van der Waals surface area contributed by atoms with Gasteiger partial charge in [0, 0.05) is 23.5 Å². The van der Waals surface area contributed by atoms with Gasteiger partial charge in [0.05, 0.1) is 33.6 Å². The quantitative estimate of drug-likeness (QED) is 0.335. The zero-order valence-corrected chi connectivity index (χ0v) is 20.1. The SMILES string of the molecule is COc1cc(-c2nc(Cn3ccn4nc(-c5ccc(F)cc5)cc4c3=O)c(C)o2)cc(OC)c1OC. The maximum atomic E-state index is 13.3. The molecule has 0 spiro atoms. The van der Waals surface area contributed by atoms with Crippen molar-refractivity contribution < 1.29 is 23.0 Å². The van der Waals surface area contributed by atoms with E-state index < -0.39 is 0 Å². The molecule has 9 nitrogen and oxygen atoms in total. The highest BCUT2D eigenvalue weighted by molar-refractivity contribution is 5.67. The largest absolute Gasteiger partial charge is 0.493 e. The lowest BCUT2D eigenvalue weighted by Crippen LogP contribution is -2.22. The van der Waals surface area contributed by atoms with Crippen molar-refractivity contribution in [3.05, 3.63) is 82.5 Å². The molecule has 0 aliphatic heterocycles. The van der Waals surface area contributed by atoms with E-state index in [1.165, 1.54) is 42.5 Å². The zero-order valence-electron chi connectivity index (χ0n) is 20.1. The second kappa shape index (κ2) is 9.21. The Bertz CT molecular complexity index is 1590. The summed E-state index contributed by atoms with van der Waals surface area (Å²) < 4.78 is 38.5. The molecule has 36 heavy (non-hydrogen) atoms. The molecule has 0 N–H and O–H groups in total. The fourth-order valence-electron chi connectivity index (χ4n) is 3.98. The fraction of sp³-hybridized carbons (Fsp3) is 0.192. The maximum Gasteiger partial charge on any atom is 0.276 e. The number of benzene rings is 2. The van der Waals surface area contributed by atoms with E-state index in [1.54, 1.807) is 49.6 Å². The molecular weight excluding hydrogens is 467 g/mol. The summed E-state index contributed by atoms with van der Waals surface area (Å²) >= 11 is 0. The molecular formula is C26H23FN4O5. The molecule has 184 valence electrons. The molecule has 0 bridgehead atoms. The number of ether oxygens (including phenoxy) is 3. The monoisotopic (exact) mass is 490 g/mol. The molecule has 5 rings (SSSR count). The third kappa shape index (κ3) is 4.06. The third-order valence-electron chi connectivity index (χ3n) is 5.87. The number of nitrogens with zero attached hydrogens (tertiary/aromatic N) is 4. The summed E-state index contributed by atoms with van der Waals surface area (Å²) in [6.45, 7) is 1.99. The van der Waals surface area contributed by atoms with Gasteiger partial charge in [0.2, 0.25) is 11.6 Å². The summed E-state index contributed by atoms with van der Waals surface area (Å²) in [6.07, 6.45) is 3.34. The number of methoxy groups -OCH3 is 3. The molecule has 0 saturated carbocycles. The number of aromatic nitrogens is 4. The van der Waals surface area contributed by atoms with E-state index in [0.717, 1.165) is 0 Å². The predicted octanol–water partition coefficient (Wildman–Crippen LogP) is 4.34. The summed E-state index contributed by atoms with van der Waals surface area (Å²) in [6, 6.07) is 11.1. The van der Waals surface area contributed by atoms with Gasteiger partial charge < -0.3 is 23.2 Å². The normalized spacial score (nSPS) is 11.1. The minimum atomic E-state index is -0.334. The van der Waals surface area contributed by atoms with Crippen LogP contribution in [0.15, 0.2) is 64.1 Å². The van der Waals surface area contributed by atoms with Crippen molar-refractivity contribution in [3.63, 3.8) is 0 Å². The second-order valence-corrected chi connectivity index (χ2v) is 8.03. The van der Waals surface area contributed by atoms with E-state index in [4.69, 9.17) is 18.6 Å². The molecule has 0 aliphatic carbocycles. The lowest BCUT2D eigenvalue weighted by Gasteiger charge is -2.12. The first-order chi connectivity index (χ1) is 17.4. The third-order valence-corrected chi connectivity index (χ3v) is 5.87. The van der Waals surface area contributed by atoms with Crippen LogP contribution in [0.25, 0.3) is 28.2 Å². The fourth-order valence-corrected chi connectivity index (χ4v) is 3.98. The van der Waals surface area contributed by atoms with Gasteiger partial charge in [-0.15, -0.1) is 0 Å². The van der Waals surface area contributed by atoms with Gasteiger partial charge in [-0.3, -0.25) is 4.79 Å². The number of aryl methyl sites for hydroxylation is 1. The molecule has 5 aromatic rings. The van der Waals surface area contributed by atoms with Crippen LogP contribution in [0.5, 0.6) is 17.2 Å². The Morgan fingerprint density at radius 2 is 1.64 bits per heavy atom. The van der Waals surface area contributed by atoms with Crippen molar-refractivity contribution in [1.29, 1.82) is 0 Å². The minimum absolute atomic E-state index is 0.201. The van der Waals surface area contributed by atoms with Gasteiger partial charge in [-0.25, -0.2) is 13.9 Å². The Kier molecular flexibility index (Phi) is 5.93. The molecule has 0 atom stereocenters. The van der Waals surface area contributed by atoms with Gasteiger partial charge in [-0.2, -0.15) is 5.10 Å². The Morgan fingerprint density at radius 3 is 2.28 bits per heavy atom. The van der Waals surface area contributed by atoms with E-state index in [9.17, 15) is 9.18 Å². The van der Waals surface area contributed by atoms with Crippen LogP contribution in [-0.2, 0) is 6.54 Å². The Morgan fingerprint density at radius 1 is 0.944 bits per heavy atom. The van der Waals surface area contributed by atoms with Crippen LogP contribution in [-0.4, -0.2) is 40.5 Å². The Balaban J connectivity index is 1.48. The summed E-state index contributed by atoms with van der Waals surface area (Å²) in [5.41, 5.74) is 2.68. The van der Waals surface area contributed by atoms with E-state index in [0.29, 0.717) is 56.9 Å². The lowest BCUT2D eigenvalue weighted by atomic mass is 10.1. The predicted molar refractivity (Wildman–Crippen MR) is 130 cm³/mol. The number of rotatable bonds is 7. The van der Waals surface area contributed by atoms with Crippen molar-refractivity contribution in [2.75, 3.05) is 21.3 Å². The topological polar surface area (TPSA) is 93.0 Å². The molecule has 0 unspecified atom stereocenters. The maximum absolute atomic E-state index is 13.3. The van der Waals surface area contributed by atoms with Crippen LogP contribution in [0.2, 0.25) is 0 Å². The molecule has 0 amide bonds. The zero-order chi connectivity index (χ0) is 25.4. The van der Waals surface area contributed by atoms with Crippen LogP contribution in [0.3, 0.4) is 0 Å². The molecule has 2 aromatic carbocycles. The van der Waals surface area contributed by atoms with E-state index >= 15 is 0 Å². The highest BCUT2D eigenvalue weighted by atomic mass is 19.1. The number of hydrogen-bond donors (Lipinski definition) is 0. The summed E-state index contributed by atoms with van der Waals surface area (Å²) in [7, 11) is 4.60. The molecule has 0 aliphatic rings. The number of fused-ring (bicyclic) bond motifs is 1. The molecule has 0 fully saturated rings. The first-order valence-corrected chi connectivity index (χ1v) is 11.0. The smallest absolute Gasteiger partial charge is 0.276 e. The average Bonchev–Trinajstić information content (AvgIpc) is 3.49. The molecule has 3 heterocycles. The molecule has 0 saturated heterocycles. The summed E-state index contributed by atoms with van der Waals surface area (Å²) in [4.78, 5) is 17.8. The van der Waals surface area contributed by atoms with Crippen molar-refractivity contribution in [1.82, 2.24) is 19.2 Å². The Hall–Kier alpha value is -4.60. The molecule has 3 aromatic heterocycles. The van der Waals surface area contributed by atoms with Gasteiger partial charge >= 0.3 is 0 Å². The Labute approximate surface area is 205 Å². The van der Waals surface area contributed by atoms with Crippen molar-refractivity contribution in [3.8, 4) is 40.0 Å². The molecule has 0 radical (unpaired) electrons. The number of oxazole rings is 1. The first kappa shape index (κ1) is 23.2. The first-order valence-electron chi connectivity index (χ1n) is 11.0. The van der Waals surface area contributed by atoms with Crippen LogP contribution >= 0.6 is 0 Å². The number of hydrogen-bond acceptors (Lipinski definition) is 7. The van der Waals surface area contributed by atoms with Gasteiger partial charge in [0.1, 0.15) is 22.8 Å². The highest BCUT2D eigenvalue weighted by Gasteiger charge is 2.19. The standard InChI is InChI=1S/C26H23FN4O5/c1-15-20(28-25(36-15)17-11-22(33-2)24(35-4)23(12-17)34-3)14-30-9-10-31-21(26(30)32)13-19(29-31)16-5-7-18(27)8-6-16/h5-13H,14H2,1-4H3. The van der Waals surface area contributed by atoms with Gasteiger partial charge in [-0.05, 0) is 49.4 Å². The summed E-state index contributed by atoms with van der Waals surface area (Å²) in [5.74, 6) is 2.02. The van der Waals surface area contributed by atoms with Gasteiger partial charge in [-0.1, -0.05) is 0 Å². The van der Waals surface area contributed by atoms with Crippen molar-refractivity contribution in [2.45, 2.75) is 13.5 Å². The van der Waals surface area contributed by atoms with E-state index in [-0.39, 0.29) is 17.9 Å².